The summed E-state index contributed by atoms with van der Waals surface area (Å²) in [4.78, 5) is 28.6. The first-order valence-corrected chi connectivity index (χ1v) is 11.0. The Balaban J connectivity index is 1.34. The van der Waals surface area contributed by atoms with Gasteiger partial charge in [0.2, 0.25) is 5.91 Å². The standard InChI is InChI=1S/C26H23F2N3O3/c27-19-4-1-3-18(11-19)16-7-9-17(10-8-16)25-22-13-30(14-24(33)31(22)23(25)15-32)26(34)29-21-6-2-5-20(28)12-21/h1-12,22-23,25,32H,13-15H2,(H,29,34)/t22-,23+,25-/m0/s1. The number of carbonyl (C=O) groups is 2. The van der Waals surface area contributed by atoms with Gasteiger partial charge in [-0.15, -0.1) is 0 Å². The highest BCUT2D eigenvalue weighted by Crippen LogP contribution is 2.43. The molecule has 2 heterocycles. The maximum Gasteiger partial charge on any atom is 0.322 e. The molecular weight excluding hydrogens is 440 g/mol. The number of aliphatic hydroxyl groups excluding tert-OH is 1. The molecule has 174 valence electrons. The molecule has 6 nitrogen and oxygen atoms in total. The lowest BCUT2D eigenvalue weighted by Crippen LogP contribution is -2.73. The Bertz CT molecular complexity index is 1230. The third kappa shape index (κ3) is 4.01. The molecule has 3 aromatic rings. The summed E-state index contributed by atoms with van der Waals surface area (Å²) in [5.41, 5.74) is 2.86. The van der Waals surface area contributed by atoms with Crippen molar-refractivity contribution in [1.29, 1.82) is 0 Å². The van der Waals surface area contributed by atoms with Crippen LogP contribution in [0.2, 0.25) is 0 Å². The third-order valence-electron chi connectivity index (χ3n) is 6.57. The van der Waals surface area contributed by atoms with E-state index in [1.165, 1.54) is 35.2 Å². The lowest BCUT2D eigenvalue weighted by molar-refractivity contribution is -0.159. The number of halogens is 2. The number of nitrogens with zero attached hydrogens (tertiary/aromatic N) is 2. The van der Waals surface area contributed by atoms with Crippen LogP contribution in [0.4, 0.5) is 19.3 Å². The number of urea groups is 1. The minimum Gasteiger partial charge on any atom is -0.394 e. The summed E-state index contributed by atoms with van der Waals surface area (Å²) >= 11 is 0. The van der Waals surface area contributed by atoms with Crippen molar-refractivity contribution >= 4 is 17.6 Å². The van der Waals surface area contributed by atoms with Crippen LogP contribution in [0.1, 0.15) is 11.5 Å². The summed E-state index contributed by atoms with van der Waals surface area (Å²) in [6.45, 7) is -0.00682. The van der Waals surface area contributed by atoms with Gasteiger partial charge in [-0.3, -0.25) is 4.79 Å². The zero-order valence-corrected chi connectivity index (χ0v) is 18.2. The van der Waals surface area contributed by atoms with Gasteiger partial charge in [-0.2, -0.15) is 0 Å². The molecular formula is C26H23F2N3O3. The monoisotopic (exact) mass is 463 g/mol. The van der Waals surface area contributed by atoms with E-state index in [9.17, 15) is 23.5 Å². The van der Waals surface area contributed by atoms with E-state index in [2.05, 4.69) is 5.32 Å². The number of rotatable bonds is 4. The Morgan fingerprint density at radius 2 is 1.68 bits per heavy atom. The van der Waals surface area contributed by atoms with Crippen LogP contribution in [0.3, 0.4) is 0 Å². The number of piperazine rings is 1. The average molecular weight is 463 g/mol. The Morgan fingerprint density at radius 3 is 2.35 bits per heavy atom. The van der Waals surface area contributed by atoms with Gasteiger partial charge in [0.1, 0.15) is 18.2 Å². The first-order valence-electron chi connectivity index (χ1n) is 11.0. The molecule has 2 aliphatic rings. The number of fused-ring (bicyclic) bond motifs is 1. The number of anilines is 1. The van der Waals surface area contributed by atoms with E-state index in [1.807, 2.05) is 30.3 Å². The van der Waals surface area contributed by atoms with Crippen molar-refractivity contribution < 1.29 is 23.5 Å². The van der Waals surface area contributed by atoms with Crippen molar-refractivity contribution in [2.45, 2.75) is 18.0 Å². The molecule has 0 saturated carbocycles. The minimum absolute atomic E-state index is 0.112. The summed E-state index contributed by atoms with van der Waals surface area (Å²) in [6, 6.07) is 18.4. The topological polar surface area (TPSA) is 72.9 Å². The summed E-state index contributed by atoms with van der Waals surface area (Å²) in [6.07, 6.45) is 0. The number of nitrogens with one attached hydrogen (secondary N) is 1. The van der Waals surface area contributed by atoms with Crippen molar-refractivity contribution in [2.24, 2.45) is 0 Å². The van der Waals surface area contributed by atoms with E-state index in [0.29, 0.717) is 12.2 Å². The zero-order valence-electron chi connectivity index (χ0n) is 18.2. The maximum atomic E-state index is 13.6. The molecule has 3 amide bonds. The molecule has 0 spiro atoms. The second-order valence-corrected chi connectivity index (χ2v) is 8.60. The van der Waals surface area contributed by atoms with Gasteiger partial charge in [0, 0.05) is 18.2 Å². The highest BCUT2D eigenvalue weighted by molar-refractivity contribution is 5.93. The molecule has 34 heavy (non-hydrogen) atoms. The van der Waals surface area contributed by atoms with Crippen molar-refractivity contribution in [3.05, 3.63) is 90.0 Å². The molecule has 2 aliphatic heterocycles. The molecule has 0 aliphatic carbocycles. The second kappa shape index (κ2) is 8.87. The van der Waals surface area contributed by atoms with E-state index < -0.39 is 11.8 Å². The van der Waals surface area contributed by atoms with Crippen LogP contribution in [0.25, 0.3) is 11.1 Å². The number of aliphatic hydroxyl groups is 1. The predicted octanol–water partition coefficient (Wildman–Crippen LogP) is 3.83. The molecule has 3 atom stereocenters. The maximum absolute atomic E-state index is 13.6. The van der Waals surface area contributed by atoms with Gasteiger partial charge in [0.15, 0.2) is 0 Å². The number of hydrogen-bond donors (Lipinski definition) is 2. The van der Waals surface area contributed by atoms with Gasteiger partial charge in [-0.1, -0.05) is 42.5 Å². The third-order valence-corrected chi connectivity index (χ3v) is 6.57. The van der Waals surface area contributed by atoms with Gasteiger partial charge in [0.25, 0.3) is 0 Å². The summed E-state index contributed by atoms with van der Waals surface area (Å²) < 4.78 is 27.0. The van der Waals surface area contributed by atoms with E-state index in [0.717, 1.165) is 16.7 Å². The van der Waals surface area contributed by atoms with Gasteiger partial charge in [0.05, 0.1) is 18.7 Å². The molecule has 0 aromatic heterocycles. The van der Waals surface area contributed by atoms with E-state index >= 15 is 0 Å². The largest absolute Gasteiger partial charge is 0.394 e. The van der Waals surface area contributed by atoms with Crippen molar-refractivity contribution in [3.8, 4) is 11.1 Å². The lowest BCUT2D eigenvalue weighted by Gasteiger charge is -2.58. The van der Waals surface area contributed by atoms with Crippen LogP contribution >= 0.6 is 0 Å². The molecule has 5 rings (SSSR count). The Hall–Kier alpha value is -3.78. The van der Waals surface area contributed by atoms with E-state index in [-0.39, 0.29) is 42.9 Å². The fraction of sp³-hybridized carbons (Fsp3) is 0.231. The second-order valence-electron chi connectivity index (χ2n) is 8.60. The molecule has 2 saturated heterocycles. The SMILES string of the molecule is O=C(Nc1cccc(F)c1)N1CC(=O)N2[C@H](CO)[C@@H](c3ccc(-c4cccc(F)c4)cc3)[C@@H]2C1. The summed E-state index contributed by atoms with van der Waals surface area (Å²) in [5, 5.41) is 12.6. The number of carbonyl (C=O) groups excluding carboxylic acids is 2. The van der Waals surface area contributed by atoms with Crippen LogP contribution in [0.15, 0.2) is 72.8 Å². The molecule has 3 aromatic carbocycles. The highest BCUT2D eigenvalue weighted by atomic mass is 19.1. The molecule has 2 N–H and O–H groups in total. The first-order chi connectivity index (χ1) is 16.4. The molecule has 8 heteroatoms. The van der Waals surface area contributed by atoms with Gasteiger partial charge in [-0.25, -0.2) is 13.6 Å². The summed E-state index contributed by atoms with van der Waals surface area (Å²) in [5.74, 6) is -1.17. The first kappa shape index (κ1) is 22.0. The number of benzene rings is 3. The Morgan fingerprint density at radius 1 is 0.971 bits per heavy atom. The van der Waals surface area contributed by atoms with Gasteiger partial charge >= 0.3 is 6.03 Å². The Kier molecular flexibility index (Phi) is 5.75. The average Bonchev–Trinajstić information content (AvgIpc) is 2.80. The van der Waals surface area contributed by atoms with Crippen LogP contribution < -0.4 is 5.32 Å². The van der Waals surface area contributed by atoms with Crippen molar-refractivity contribution in [1.82, 2.24) is 9.80 Å². The number of hydrogen-bond acceptors (Lipinski definition) is 3. The van der Waals surface area contributed by atoms with E-state index in [1.54, 1.807) is 17.0 Å². The summed E-state index contributed by atoms with van der Waals surface area (Å²) in [7, 11) is 0. The fourth-order valence-electron chi connectivity index (χ4n) is 4.99. The zero-order chi connectivity index (χ0) is 23.8. The van der Waals surface area contributed by atoms with Crippen LogP contribution in [0.5, 0.6) is 0 Å². The van der Waals surface area contributed by atoms with Gasteiger partial charge in [-0.05, 0) is 47.0 Å². The molecule has 0 bridgehead atoms. The lowest BCUT2D eigenvalue weighted by atomic mass is 9.73. The van der Waals surface area contributed by atoms with Crippen LogP contribution in [0, 0.1) is 11.6 Å². The Labute approximate surface area is 195 Å². The smallest absolute Gasteiger partial charge is 0.322 e. The quantitative estimate of drug-likeness (QED) is 0.618. The molecule has 0 radical (unpaired) electrons. The van der Waals surface area contributed by atoms with E-state index in [4.69, 9.17) is 0 Å². The fourth-order valence-corrected chi connectivity index (χ4v) is 4.99. The van der Waals surface area contributed by atoms with Crippen LogP contribution in [-0.4, -0.2) is 58.6 Å². The number of amides is 3. The van der Waals surface area contributed by atoms with Crippen molar-refractivity contribution in [3.63, 3.8) is 0 Å². The predicted molar refractivity (Wildman–Crippen MR) is 123 cm³/mol. The highest BCUT2D eigenvalue weighted by Gasteiger charge is 2.54. The van der Waals surface area contributed by atoms with Crippen molar-refractivity contribution in [2.75, 3.05) is 25.0 Å². The molecule has 0 unspecified atom stereocenters. The minimum atomic E-state index is -0.480. The van der Waals surface area contributed by atoms with Gasteiger partial charge < -0.3 is 20.2 Å². The molecule has 2 fully saturated rings. The normalized spacial score (nSPS) is 21.6. The van der Waals surface area contributed by atoms with Crippen LogP contribution in [-0.2, 0) is 4.79 Å².